The third kappa shape index (κ3) is 16.5. The number of hydrogen-bond acceptors (Lipinski definition) is 2. The van der Waals surface area contributed by atoms with Gasteiger partial charge in [-0.15, -0.1) is 0 Å². The van der Waals surface area contributed by atoms with Gasteiger partial charge in [0.15, 0.2) is 0 Å². The van der Waals surface area contributed by atoms with Crippen molar-refractivity contribution in [1.82, 2.24) is 0 Å². The summed E-state index contributed by atoms with van der Waals surface area (Å²) in [6.45, 7) is 6.10. The van der Waals surface area contributed by atoms with E-state index in [2.05, 4.69) is 13.8 Å². The van der Waals surface area contributed by atoms with E-state index in [1.165, 1.54) is 85.9 Å². The van der Waals surface area contributed by atoms with Crippen LogP contribution in [0.2, 0.25) is 8.87 Å². The maximum absolute atomic E-state index is 11.2. The van der Waals surface area contributed by atoms with Gasteiger partial charge in [-0.3, -0.25) is 0 Å². The Hall–Kier alpha value is 0.269. The summed E-state index contributed by atoms with van der Waals surface area (Å²) in [5.74, 6) is -0.0265. The van der Waals surface area contributed by atoms with Gasteiger partial charge >= 0.3 is 141 Å². The van der Waals surface area contributed by atoms with Gasteiger partial charge in [0.1, 0.15) is 0 Å². The molecule has 1 radical (unpaired) electrons. The zero-order valence-electron chi connectivity index (χ0n) is 14.7. The molecule has 21 heavy (non-hydrogen) atoms. The Morgan fingerprint density at radius 1 is 0.714 bits per heavy atom. The van der Waals surface area contributed by atoms with E-state index in [1.807, 2.05) is 0 Å². The van der Waals surface area contributed by atoms with Crippen molar-refractivity contribution in [1.29, 1.82) is 0 Å². The summed E-state index contributed by atoms with van der Waals surface area (Å²) in [5, 5.41) is 0. The standard InChI is InChI=1S/2C8H17.C2H4O2.Sn/c2*1-3-5-7-8-6-4-2;1-2(3)4;/h2*1,3-8H2,2H3;1H3,(H,3,4);/q;;;+1/p-1. The minimum atomic E-state index is -1.85. The van der Waals surface area contributed by atoms with Gasteiger partial charge in [0.25, 0.3) is 0 Å². The molecule has 0 aromatic carbocycles. The second kappa shape index (κ2) is 16.6. The van der Waals surface area contributed by atoms with Crippen molar-refractivity contribution in [3.8, 4) is 0 Å². The molecule has 0 aromatic heterocycles. The quantitative estimate of drug-likeness (QED) is 0.238. The van der Waals surface area contributed by atoms with Crippen LogP contribution in [0.3, 0.4) is 0 Å². The van der Waals surface area contributed by atoms with Crippen molar-refractivity contribution < 1.29 is 7.87 Å². The molecule has 0 saturated carbocycles. The third-order valence-electron chi connectivity index (χ3n) is 3.91. The van der Waals surface area contributed by atoms with E-state index in [4.69, 9.17) is 3.07 Å². The van der Waals surface area contributed by atoms with Crippen LogP contribution in [0.5, 0.6) is 0 Å². The monoisotopic (exact) mass is 405 g/mol. The minimum absolute atomic E-state index is 0.0265. The zero-order chi connectivity index (χ0) is 15.8. The van der Waals surface area contributed by atoms with Crippen molar-refractivity contribution in [2.24, 2.45) is 0 Å². The van der Waals surface area contributed by atoms with Crippen LogP contribution in [0.1, 0.15) is 97.8 Å². The Labute approximate surface area is 140 Å². The summed E-state index contributed by atoms with van der Waals surface area (Å²) < 4.78 is 8.17. The molecule has 0 aliphatic carbocycles. The van der Waals surface area contributed by atoms with E-state index >= 15 is 0 Å². The van der Waals surface area contributed by atoms with Crippen molar-refractivity contribution in [3.63, 3.8) is 0 Å². The van der Waals surface area contributed by atoms with Crippen molar-refractivity contribution in [2.75, 3.05) is 0 Å². The fourth-order valence-corrected chi connectivity index (χ4v) is 8.77. The van der Waals surface area contributed by atoms with E-state index in [9.17, 15) is 4.79 Å². The first kappa shape index (κ1) is 21.3. The van der Waals surface area contributed by atoms with E-state index in [-0.39, 0.29) is 5.97 Å². The van der Waals surface area contributed by atoms with Gasteiger partial charge in [0.05, 0.1) is 0 Å². The summed E-state index contributed by atoms with van der Waals surface area (Å²) in [4.78, 5) is 11.2. The van der Waals surface area contributed by atoms with Gasteiger partial charge in [-0.2, -0.15) is 0 Å². The predicted octanol–water partition coefficient (Wildman–Crippen LogP) is 6.26. The molecule has 0 N–H and O–H groups in total. The van der Waals surface area contributed by atoms with E-state index in [0.717, 1.165) is 0 Å². The molecule has 0 aliphatic rings. The SMILES string of the molecule is CCCCCCC[CH2][Sn]([CH2]CCCCCCC)[O]C(C)=O. The molecule has 0 amide bonds. The average molecular weight is 404 g/mol. The fourth-order valence-electron chi connectivity index (χ4n) is 2.64. The van der Waals surface area contributed by atoms with Crippen LogP contribution in [0.4, 0.5) is 0 Å². The summed E-state index contributed by atoms with van der Waals surface area (Å²) in [7, 11) is 0. The molecule has 3 heteroatoms. The molecular weight excluding hydrogens is 367 g/mol. The van der Waals surface area contributed by atoms with Gasteiger partial charge in [0, 0.05) is 0 Å². The zero-order valence-corrected chi connectivity index (χ0v) is 17.6. The van der Waals surface area contributed by atoms with Gasteiger partial charge in [0.2, 0.25) is 0 Å². The molecule has 0 rings (SSSR count). The molecule has 0 aromatic rings. The van der Waals surface area contributed by atoms with Gasteiger partial charge in [-0.1, -0.05) is 0 Å². The van der Waals surface area contributed by atoms with Crippen LogP contribution in [-0.4, -0.2) is 26.1 Å². The van der Waals surface area contributed by atoms with E-state index < -0.39 is 20.2 Å². The second-order valence-electron chi connectivity index (χ2n) is 6.17. The summed E-state index contributed by atoms with van der Waals surface area (Å²) in [6, 6.07) is 0. The molecular formula is C18H37O2Sn. The van der Waals surface area contributed by atoms with Crippen LogP contribution < -0.4 is 0 Å². The first-order valence-corrected chi connectivity index (χ1v) is 14.4. The van der Waals surface area contributed by atoms with Crippen molar-refractivity contribution >= 4 is 26.1 Å². The number of carbonyl (C=O) groups is 1. The van der Waals surface area contributed by atoms with E-state index in [1.54, 1.807) is 6.92 Å². The van der Waals surface area contributed by atoms with Gasteiger partial charge in [-0.25, -0.2) is 0 Å². The molecule has 0 spiro atoms. The number of carbonyl (C=O) groups excluding carboxylic acids is 1. The number of unbranched alkanes of at least 4 members (excludes halogenated alkanes) is 10. The molecule has 0 fully saturated rings. The third-order valence-corrected chi connectivity index (χ3v) is 10.8. The second-order valence-corrected chi connectivity index (χ2v) is 12.7. The van der Waals surface area contributed by atoms with E-state index in [0.29, 0.717) is 0 Å². The summed E-state index contributed by atoms with van der Waals surface area (Å²) in [6.07, 6.45) is 16.1. The molecule has 0 heterocycles. The number of rotatable bonds is 15. The summed E-state index contributed by atoms with van der Waals surface area (Å²) >= 11 is -1.85. The topological polar surface area (TPSA) is 26.3 Å². The van der Waals surface area contributed by atoms with Gasteiger partial charge in [-0.05, 0) is 0 Å². The predicted molar refractivity (Wildman–Crippen MR) is 93.9 cm³/mol. The fraction of sp³-hybridized carbons (Fsp3) is 0.944. The first-order valence-electron chi connectivity index (χ1n) is 9.23. The Morgan fingerprint density at radius 3 is 1.48 bits per heavy atom. The van der Waals surface area contributed by atoms with Crippen molar-refractivity contribution in [2.45, 2.75) is 107 Å². The van der Waals surface area contributed by atoms with Crippen LogP contribution >= 0.6 is 0 Å². The Balaban J connectivity index is 3.64. The van der Waals surface area contributed by atoms with Crippen LogP contribution in [0.15, 0.2) is 0 Å². The summed E-state index contributed by atoms with van der Waals surface area (Å²) in [5.41, 5.74) is 0. The van der Waals surface area contributed by atoms with Gasteiger partial charge < -0.3 is 0 Å². The Morgan fingerprint density at radius 2 is 1.10 bits per heavy atom. The molecule has 125 valence electrons. The molecule has 2 nitrogen and oxygen atoms in total. The molecule has 0 unspecified atom stereocenters. The molecule has 0 saturated heterocycles. The average Bonchev–Trinajstić information content (AvgIpc) is 2.45. The molecule has 0 bridgehead atoms. The molecule has 0 aliphatic heterocycles. The number of hydrogen-bond donors (Lipinski definition) is 0. The normalized spacial score (nSPS) is 11.0. The van der Waals surface area contributed by atoms with Crippen LogP contribution in [0, 0.1) is 0 Å². The first-order chi connectivity index (χ1) is 10.2. The Bertz CT molecular complexity index is 215. The van der Waals surface area contributed by atoms with Crippen LogP contribution in [-0.2, 0) is 7.87 Å². The van der Waals surface area contributed by atoms with Crippen molar-refractivity contribution in [3.05, 3.63) is 0 Å². The molecule has 0 atom stereocenters. The maximum atomic E-state index is 11.2. The van der Waals surface area contributed by atoms with Crippen LogP contribution in [0.25, 0.3) is 0 Å². The Kier molecular flexibility index (Phi) is 16.8.